The van der Waals surface area contributed by atoms with E-state index in [4.69, 9.17) is 9.57 Å². The summed E-state index contributed by atoms with van der Waals surface area (Å²) < 4.78 is 5.21. The number of carbonyl (C=O) groups excluding carboxylic acids is 1. The molecule has 0 radical (unpaired) electrons. The summed E-state index contributed by atoms with van der Waals surface area (Å²) in [5, 5.41) is 14.9. The van der Waals surface area contributed by atoms with Crippen molar-refractivity contribution < 1.29 is 19.5 Å². The number of esters is 1. The molecule has 2 aliphatic rings. The zero-order chi connectivity index (χ0) is 15.5. The van der Waals surface area contributed by atoms with Gasteiger partial charge in [-0.3, -0.25) is 9.63 Å². The van der Waals surface area contributed by atoms with E-state index in [1.54, 1.807) is 12.0 Å². The fourth-order valence-corrected chi connectivity index (χ4v) is 3.21. The lowest BCUT2D eigenvalue weighted by Gasteiger charge is -2.29. The number of nitrogens with zero attached hydrogens (tertiary/aromatic N) is 1. The molecule has 0 aliphatic carbocycles. The molecule has 2 saturated heterocycles. The monoisotopic (exact) mass is 306 g/mol. The Hall–Kier alpha value is -1.47. The molecule has 6 heteroatoms. The van der Waals surface area contributed by atoms with E-state index in [1.165, 1.54) is 0 Å². The number of hydroxylamine groups is 2. The summed E-state index contributed by atoms with van der Waals surface area (Å²) in [7, 11) is 0. The number of rotatable bonds is 4. The lowest BCUT2D eigenvalue weighted by molar-refractivity contribution is -0.200. The standard InChI is InChI=1S/C16H22N2O4/c1-2-21-16(20)14-12-8-17-9-13(19)15(12)22-18(14)10-11-6-4-3-5-7-11/h3-7,12-15,17,19H,2,8-10H2,1H3/t12-,13-,14?,15+/m1/s1. The zero-order valence-corrected chi connectivity index (χ0v) is 12.6. The van der Waals surface area contributed by atoms with Crippen LogP contribution < -0.4 is 5.32 Å². The highest BCUT2D eigenvalue weighted by atomic mass is 16.7. The average Bonchev–Trinajstić information content (AvgIpc) is 2.88. The number of carbonyl (C=O) groups is 1. The van der Waals surface area contributed by atoms with Crippen molar-refractivity contribution in [2.75, 3.05) is 19.7 Å². The molecule has 22 heavy (non-hydrogen) atoms. The molecular weight excluding hydrogens is 284 g/mol. The summed E-state index contributed by atoms with van der Waals surface area (Å²) in [5.74, 6) is -0.395. The van der Waals surface area contributed by atoms with Crippen LogP contribution in [0.1, 0.15) is 12.5 Å². The molecule has 2 fully saturated rings. The topological polar surface area (TPSA) is 71.0 Å². The Morgan fingerprint density at radius 3 is 2.91 bits per heavy atom. The summed E-state index contributed by atoms with van der Waals surface area (Å²) >= 11 is 0. The van der Waals surface area contributed by atoms with Crippen molar-refractivity contribution in [2.45, 2.75) is 31.7 Å². The third-order valence-corrected chi connectivity index (χ3v) is 4.22. The maximum atomic E-state index is 12.4. The molecule has 1 aromatic carbocycles. The maximum Gasteiger partial charge on any atom is 0.326 e. The summed E-state index contributed by atoms with van der Waals surface area (Å²) in [6.45, 7) is 3.74. The molecule has 120 valence electrons. The molecule has 0 aromatic heterocycles. The number of benzene rings is 1. The van der Waals surface area contributed by atoms with E-state index in [0.717, 1.165) is 5.56 Å². The lowest BCUT2D eigenvalue weighted by Crippen LogP contribution is -2.52. The van der Waals surface area contributed by atoms with Crippen LogP contribution in [0.4, 0.5) is 0 Å². The van der Waals surface area contributed by atoms with Gasteiger partial charge in [0, 0.05) is 19.0 Å². The Labute approximate surface area is 130 Å². The van der Waals surface area contributed by atoms with Gasteiger partial charge in [-0.25, -0.2) is 0 Å². The molecule has 1 aromatic rings. The molecule has 0 bridgehead atoms. The van der Waals surface area contributed by atoms with Gasteiger partial charge in [0.15, 0.2) is 0 Å². The van der Waals surface area contributed by atoms with Crippen LogP contribution >= 0.6 is 0 Å². The van der Waals surface area contributed by atoms with Gasteiger partial charge in [-0.15, -0.1) is 0 Å². The quantitative estimate of drug-likeness (QED) is 0.781. The SMILES string of the molecule is CCOC(=O)C1[C@H]2CNC[C@@H](O)[C@H]2ON1Cc1ccccc1. The van der Waals surface area contributed by atoms with Gasteiger partial charge >= 0.3 is 5.97 Å². The number of ether oxygens (including phenoxy) is 1. The number of hydrogen-bond acceptors (Lipinski definition) is 6. The van der Waals surface area contributed by atoms with Crippen LogP contribution in [0.5, 0.6) is 0 Å². The van der Waals surface area contributed by atoms with Crippen molar-refractivity contribution in [1.82, 2.24) is 10.4 Å². The number of nitrogens with one attached hydrogen (secondary N) is 1. The van der Waals surface area contributed by atoms with Crippen molar-refractivity contribution in [1.29, 1.82) is 0 Å². The van der Waals surface area contributed by atoms with E-state index < -0.39 is 12.1 Å². The number of aliphatic hydroxyl groups excluding tert-OH is 1. The van der Waals surface area contributed by atoms with Gasteiger partial charge in [0.2, 0.25) is 0 Å². The fourth-order valence-electron chi connectivity index (χ4n) is 3.21. The summed E-state index contributed by atoms with van der Waals surface area (Å²) in [4.78, 5) is 18.3. The average molecular weight is 306 g/mol. The van der Waals surface area contributed by atoms with Gasteiger partial charge in [0.05, 0.1) is 19.3 Å². The number of β-amino-alcohol motifs (C(OH)–C–C–N with tert-alkyl or cyclic N) is 1. The van der Waals surface area contributed by atoms with E-state index in [1.807, 2.05) is 30.3 Å². The Balaban J connectivity index is 1.81. The Kier molecular flexibility index (Phi) is 4.73. The summed E-state index contributed by atoms with van der Waals surface area (Å²) in [5.41, 5.74) is 1.05. The summed E-state index contributed by atoms with van der Waals surface area (Å²) in [6.07, 6.45) is -0.976. The van der Waals surface area contributed by atoms with Crippen LogP contribution in [0.15, 0.2) is 30.3 Å². The molecule has 0 spiro atoms. The Morgan fingerprint density at radius 1 is 1.41 bits per heavy atom. The van der Waals surface area contributed by atoms with Crippen molar-refractivity contribution in [3.05, 3.63) is 35.9 Å². The van der Waals surface area contributed by atoms with Crippen molar-refractivity contribution in [2.24, 2.45) is 5.92 Å². The largest absolute Gasteiger partial charge is 0.465 e. The van der Waals surface area contributed by atoms with Crippen molar-refractivity contribution >= 4 is 5.97 Å². The number of hydrogen-bond donors (Lipinski definition) is 2. The normalized spacial score (nSPS) is 31.7. The third kappa shape index (κ3) is 3.01. The Bertz CT molecular complexity index is 510. The molecule has 2 N–H and O–H groups in total. The van der Waals surface area contributed by atoms with Crippen LogP contribution in [0.25, 0.3) is 0 Å². The fraction of sp³-hybridized carbons (Fsp3) is 0.562. The number of piperidine rings is 1. The van der Waals surface area contributed by atoms with Gasteiger partial charge < -0.3 is 15.2 Å². The van der Waals surface area contributed by atoms with Crippen molar-refractivity contribution in [3.63, 3.8) is 0 Å². The zero-order valence-electron chi connectivity index (χ0n) is 12.6. The van der Waals surface area contributed by atoms with E-state index in [-0.39, 0.29) is 18.0 Å². The van der Waals surface area contributed by atoms with Gasteiger partial charge in [0.25, 0.3) is 0 Å². The molecule has 2 aliphatic heterocycles. The van der Waals surface area contributed by atoms with Crippen LogP contribution in [0.2, 0.25) is 0 Å². The van der Waals surface area contributed by atoms with E-state index in [9.17, 15) is 9.90 Å². The van der Waals surface area contributed by atoms with E-state index in [2.05, 4.69) is 5.32 Å². The smallest absolute Gasteiger partial charge is 0.326 e. The highest BCUT2D eigenvalue weighted by Crippen LogP contribution is 2.33. The first-order valence-corrected chi connectivity index (χ1v) is 7.73. The molecular formula is C16H22N2O4. The van der Waals surface area contributed by atoms with Gasteiger partial charge in [-0.05, 0) is 12.5 Å². The summed E-state index contributed by atoms with van der Waals surface area (Å²) in [6, 6.07) is 9.34. The van der Waals surface area contributed by atoms with Crippen LogP contribution in [-0.2, 0) is 20.9 Å². The first-order chi connectivity index (χ1) is 10.7. The van der Waals surface area contributed by atoms with Gasteiger partial charge in [-0.1, -0.05) is 30.3 Å². The Morgan fingerprint density at radius 2 is 2.18 bits per heavy atom. The van der Waals surface area contributed by atoms with Gasteiger partial charge in [0.1, 0.15) is 12.1 Å². The predicted molar refractivity (Wildman–Crippen MR) is 79.6 cm³/mol. The minimum absolute atomic E-state index is 0.105. The second kappa shape index (κ2) is 6.75. The minimum Gasteiger partial charge on any atom is -0.465 e. The third-order valence-electron chi connectivity index (χ3n) is 4.22. The second-order valence-corrected chi connectivity index (χ2v) is 5.72. The van der Waals surface area contributed by atoms with Crippen LogP contribution in [0, 0.1) is 5.92 Å². The molecule has 4 atom stereocenters. The lowest BCUT2D eigenvalue weighted by atomic mass is 9.88. The molecule has 3 rings (SSSR count). The van der Waals surface area contributed by atoms with Crippen LogP contribution in [-0.4, -0.2) is 54.1 Å². The maximum absolute atomic E-state index is 12.4. The minimum atomic E-state index is -0.614. The van der Waals surface area contributed by atoms with E-state index in [0.29, 0.717) is 26.2 Å². The molecule has 2 heterocycles. The second-order valence-electron chi connectivity index (χ2n) is 5.72. The highest BCUT2D eigenvalue weighted by molar-refractivity contribution is 5.76. The predicted octanol–water partition coefficient (Wildman–Crippen LogP) is 0.314. The molecule has 1 unspecified atom stereocenters. The van der Waals surface area contributed by atoms with E-state index >= 15 is 0 Å². The van der Waals surface area contributed by atoms with Crippen LogP contribution in [0.3, 0.4) is 0 Å². The first-order valence-electron chi connectivity index (χ1n) is 7.73. The molecule has 0 saturated carbocycles. The number of fused-ring (bicyclic) bond motifs is 1. The highest BCUT2D eigenvalue weighted by Gasteiger charge is 2.51. The molecule has 6 nitrogen and oxygen atoms in total. The molecule has 0 amide bonds. The first kappa shape index (κ1) is 15.4. The van der Waals surface area contributed by atoms with Gasteiger partial charge in [-0.2, -0.15) is 5.06 Å². The van der Waals surface area contributed by atoms with Crippen molar-refractivity contribution in [3.8, 4) is 0 Å². The number of aliphatic hydroxyl groups is 1.